The third-order valence-corrected chi connectivity index (χ3v) is 3.32. The summed E-state index contributed by atoms with van der Waals surface area (Å²) in [5.41, 5.74) is 0. The van der Waals surface area contributed by atoms with Crippen molar-refractivity contribution in [3.8, 4) is 5.75 Å². The van der Waals surface area contributed by atoms with Crippen LogP contribution >= 0.6 is 0 Å². The van der Waals surface area contributed by atoms with Crippen LogP contribution in [-0.2, 0) is 10.0 Å². The second-order valence-corrected chi connectivity index (χ2v) is 5.94. The molecule has 0 amide bonds. The van der Waals surface area contributed by atoms with E-state index >= 15 is 0 Å². The lowest BCUT2D eigenvalue weighted by atomic mass is 10.1. The Hall–Kier alpha value is -1.07. The molecule has 2 N–H and O–H groups in total. The number of hydrogen-bond donors (Lipinski definition) is 1. The fourth-order valence-electron chi connectivity index (χ4n) is 1.40. The van der Waals surface area contributed by atoms with Crippen molar-refractivity contribution in [1.82, 2.24) is 0 Å². The Kier molecular flexibility index (Phi) is 5.44. The molecule has 5 heteroatoms. The first-order valence-corrected chi connectivity index (χ1v) is 7.37. The van der Waals surface area contributed by atoms with Gasteiger partial charge < -0.3 is 4.74 Å². The third kappa shape index (κ3) is 6.97. The van der Waals surface area contributed by atoms with Crippen molar-refractivity contribution in [2.45, 2.75) is 19.8 Å². The summed E-state index contributed by atoms with van der Waals surface area (Å²) >= 11 is 0. The molecule has 1 unspecified atom stereocenters. The van der Waals surface area contributed by atoms with E-state index in [2.05, 4.69) is 0 Å². The van der Waals surface area contributed by atoms with E-state index in [1.807, 2.05) is 37.3 Å². The zero-order valence-electron chi connectivity index (χ0n) is 10.0. The van der Waals surface area contributed by atoms with Gasteiger partial charge in [-0.3, -0.25) is 0 Å². The average molecular weight is 257 g/mol. The summed E-state index contributed by atoms with van der Waals surface area (Å²) in [4.78, 5) is 0. The van der Waals surface area contributed by atoms with Crippen LogP contribution < -0.4 is 9.88 Å². The molecule has 0 saturated carbocycles. The first kappa shape index (κ1) is 14.0. The summed E-state index contributed by atoms with van der Waals surface area (Å²) in [5.74, 6) is 1.17. The minimum Gasteiger partial charge on any atom is -0.494 e. The van der Waals surface area contributed by atoms with E-state index in [0.29, 0.717) is 13.0 Å². The predicted molar refractivity (Wildman–Crippen MR) is 68.3 cm³/mol. The molecule has 0 aliphatic carbocycles. The lowest BCUT2D eigenvalue weighted by Gasteiger charge is -2.11. The average Bonchev–Trinajstić information content (AvgIpc) is 2.27. The van der Waals surface area contributed by atoms with Crippen LogP contribution in [0.15, 0.2) is 30.3 Å². The van der Waals surface area contributed by atoms with Gasteiger partial charge in [0.05, 0.1) is 12.4 Å². The fourth-order valence-corrected chi connectivity index (χ4v) is 2.14. The van der Waals surface area contributed by atoms with Crippen LogP contribution in [0.3, 0.4) is 0 Å². The van der Waals surface area contributed by atoms with Gasteiger partial charge in [-0.1, -0.05) is 25.1 Å². The molecule has 0 bridgehead atoms. The second-order valence-electron chi connectivity index (χ2n) is 4.21. The predicted octanol–water partition coefficient (Wildman–Crippen LogP) is 1.77. The quantitative estimate of drug-likeness (QED) is 0.809. The van der Waals surface area contributed by atoms with Gasteiger partial charge in [0.15, 0.2) is 0 Å². The van der Waals surface area contributed by atoms with E-state index in [4.69, 9.17) is 9.88 Å². The van der Waals surface area contributed by atoms with Crippen molar-refractivity contribution in [3.05, 3.63) is 30.3 Å². The number of rotatable bonds is 7. The summed E-state index contributed by atoms with van der Waals surface area (Å²) in [6.45, 7) is 2.59. The molecular weight excluding hydrogens is 238 g/mol. The maximum atomic E-state index is 10.8. The Labute approximate surface area is 103 Å². The Morgan fingerprint density at radius 1 is 1.24 bits per heavy atom. The smallest absolute Gasteiger partial charge is 0.209 e. The van der Waals surface area contributed by atoms with E-state index < -0.39 is 10.0 Å². The van der Waals surface area contributed by atoms with Gasteiger partial charge in [0.1, 0.15) is 5.75 Å². The normalized spacial score (nSPS) is 13.3. The fraction of sp³-hybridized carbons (Fsp3) is 0.500. The van der Waals surface area contributed by atoms with Gasteiger partial charge in [0.2, 0.25) is 10.0 Å². The van der Waals surface area contributed by atoms with Crippen molar-refractivity contribution in [2.24, 2.45) is 11.1 Å². The number of para-hydroxylation sites is 1. The number of nitrogens with two attached hydrogens (primary N) is 1. The van der Waals surface area contributed by atoms with Crippen LogP contribution in [0.1, 0.15) is 19.8 Å². The first-order valence-electron chi connectivity index (χ1n) is 5.66. The maximum Gasteiger partial charge on any atom is 0.209 e. The highest BCUT2D eigenvalue weighted by Gasteiger charge is 2.08. The number of sulfonamides is 1. The van der Waals surface area contributed by atoms with Crippen molar-refractivity contribution in [1.29, 1.82) is 0 Å². The van der Waals surface area contributed by atoms with E-state index in [1.165, 1.54) is 0 Å². The Balaban J connectivity index is 2.18. The third-order valence-electron chi connectivity index (χ3n) is 2.52. The van der Waals surface area contributed by atoms with Gasteiger partial charge in [-0.05, 0) is 30.9 Å². The van der Waals surface area contributed by atoms with Crippen molar-refractivity contribution < 1.29 is 13.2 Å². The second kappa shape index (κ2) is 6.61. The lowest BCUT2D eigenvalue weighted by molar-refractivity contribution is 0.282. The van der Waals surface area contributed by atoms with Crippen LogP contribution in [0.25, 0.3) is 0 Å². The lowest BCUT2D eigenvalue weighted by Crippen LogP contribution is -2.18. The highest BCUT2D eigenvalue weighted by Crippen LogP contribution is 2.12. The molecule has 0 spiro atoms. The first-order chi connectivity index (χ1) is 7.97. The van der Waals surface area contributed by atoms with E-state index in [-0.39, 0.29) is 11.7 Å². The molecule has 17 heavy (non-hydrogen) atoms. The van der Waals surface area contributed by atoms with Crippen molar-refractivity contribution in [2.75, 3.05) is 12.4 Å². The van der Waals surface area contributed by atoms with E-state index in [1.54, 1.807) is 0 Å². The SMILES string of the molecule is CC(CCOc1ccccc1)CCS(N)(=O)=O. The maximum absolute atomic E-state index is 10.8. The molecular formula is C12H19NO3S. The number of ether oxygens (including phenoxy) is 1. The van der Waals surface area contributed by atoms with Crippen LogP contribution in [0.2, 0.25) is 0 Å². The zero-order valence-corrected chi connectivity index (χ0v) is 10.8. The molecule has 1 atom stereocenters. The van der Waals surface area contributed by atoms with Gasteiger partial charge in [-0.2, -0.15) is 0 Å². The van der Waals surface area contributed by atoms with Gasteiger partial charge >= 0.3 is 0 Å². The van der Waals surface area contributed by atoms with Gasteiger partial charge in [-0.15, -0.1) is 0 Å². The zero-order chi connectivity index (χ0) is 12.7. The molecule has 0 aliphatic heterocycles. The summed E-state index contributed by atoms with van der Waals surface area (Å²) in [6, 6.07) is 9.56. The highest BCUT2D eigenvalue weighted by molar-refractivity contribution is 7.89. The Morgan fingerprint density at radius 3 is 2.47 bits per heavy atom. The summed E-state index contributed by atoms with van der Waals surface area (Å²) in [5, 5.41) is 4.94. The van der Waals surface area contributed by atoms with Gasteiger partial charge in [-0.25, -0.2) is 13.6 Å². The number of primary sulfonamides is 1. The standard InChI is InChI=1S/C12H19NO3S/c1-11(8-10-17(13,14)15)7-9-16-12-5-3-2-4-6-12/h2-6,11H,7-10H2,1H3,(H2,13,14,15). The van der Waals surface area contributed by atoms with Crippen LogP contribution in [0.4, 0.5) is 0 Å². The number of hydrogen-bond acceptors (Lipinski definition) is 3. The molecule has 0 heterocycles. The van der Waals surface area contributed by atoms with Crippen LogP contribution in [0, 0.1) is 5.92 Å². The molecule has 1 rings (SSSR count). The van der Waals surface area contributed by atoms with Crippen LogP contribution in [0.5, 0.6) is 5.75 Å². The summed E-state index contributed by atoms with van der Waals surface area (Å²) < 4.78 is 27.1. The van der Waals surface area contributed by atoms with Gasteiger partial charge in [0.25, 0.3) is 0 Å². The molecule has 4 nitrogen and oxygen atoms in total. The molecule has 96 valence electrons. The molecule has 1 aromatic carbocycles. The topological polar surface area (TPSA) is 69.4 Å². The molecule has 0 radical (unpaired) electrons. The van der Waals surface area contributed by atoms with Crippen molar-refractivity contribution in [3.63, 3.8) is 0 Å². The monoisotopic (exact) mass is 257 g/mol. The summed E-state index contributed by atoms with van der Waals surface area (Å²) in [6.07, 6.45) is 1.40. The minimum absolute atomic E-state index is 0.0412. The number of benzene rings is 1. The molecule has 0 fully saturated rings. The molecule has 1 aromatic rings. The largest absolute Gasteiger partial charge is 0.494 e. The molecule has 0 saturated heterocycles. The van der Waals surface area contributed by atoms with Crippen molar-refractivity contribution >= 4 is 10.0 Å². The molecule has 0 aromatic heterocycles. The van der Waals surface area contributed by atoms with E-state index in [9.17, 15) is 8.42 Å². The highest BCUT2D eigenvalue weighted by atomic mass is 32.2. The van der Waals surface area contributed by atoms with Crippen LogP contribution in [-0.4, -0.2) is 20.8 Å². The summed E-state index contributed by atoms with van der Waals surface area (Å²) in [7, 11) is -3.34. The minimum atomic E-state index is -3.34. The Bertz CT molecular complexity index is 417. The molecule has 0 aliphatic rings. The van der Waals surface area contributed by atoms with Gasteiger partial charge in [0, 0.05) is 0 Å². The Morgan fingerprint density at radius 2 is 1.88 bits per heavy atom. The van der Waals surface area contributed by atoms with E-state index in [0.717, 1.165) is 12.2 Å².